The zero-order valence-corrected chi connectivity index (χ0v) is 13.0. The Morgan fingerprint density at radius 1 is 1.38 bits per heavy atom. The lowest BCUT2D eigenvalue weighted by Crippen LogP contribution is -2.32. The van der Waals surface area contributed by atoms with Crippen LogP contribution in [-0.2, 0) is 11.2 Å². The van der Waals surface area contributed by atoms with Gasteiger partial charge in [-0.2, -0.15) is 0 Å². The third-order valence-corrected chi connectivity index (χ3v) is 3.52. The minimum atomic E-state index is 0.0237. The molecule has 1 amide bonds. The monoisotopic (exact) mass is 306 g/mol. The largest absolute Gasteiger partial charge is 0.441 e. The number of aromatic nitrogens is 1. The van der Waals surface area contributed by atoms with Crippen LogP contribution in [0.25, 0.3) is 11.3 Å². The number of aryl methyl sites for hydroxylation is 1. The summed E-state index contributed by atoms with van der Waals surface area (Å²) in [5.41, 5.74) is 0.919. The number of halogens is 1. The van der Waals surface area contributed by atoms with Gasteiger partial charge in [-0.05, 0) is 37.6 Å². The molecule has 1 heterocycles. The van der Waals surface area contributed by atoms with E-state index in [-0.39, 0.29) is 11.9 Å². The third-order valence-electron chi connectivity index (χ3n) is 3.27. The molecule has 4 nitrogen and oxygen atoms in total. The molecule has 0 spiro atoms. The molecule has 21 heavy (non-hydrogen) atoms. The van der Waals surface area contributed by atoms with Gasteiger partial charge in [0.2, 0.25) is 5.91 Å². The molecular formula is C16H19ClN2O2. The number of rotatable bonds is 6. The molecule has 0 fully saturated rings. The van der Waals surface area contributed by atoms with Crippen molar-refractivity contribution in [2.75, 3.05) is 0 Å². The van der Waals surface area contributed by atoms with Crippen LogP contribution in [0.2, 0.25) is 5.02 Å². The van der Waals surface area contributed by atoms with Crippen LogP contribution in [-0.4, -0.2) is 16.9 Å². The number of carbonyl (C=O) groups is 1. The van der Waals surface area contributed by atoms with Gasteiger partial charge in [0.15, 0.2) is 11.7 Å². The van der Waals surface area contributed by atoms with E-state index in [0.29, 0.717) is 29.5 Å². The van der Waals surface area contributed by atoms with E-state index in [4.69, 9.17) is 16.0 Å². The van der Waals surface area contributed by atoms with Gasteiger partial charge >= 0.3 is 0 Å². The van der Waals surface area contributed by atoms with Gasteiger partial charge in [0.1, 0.15) is 0 Å². The van der Waals surface area contributed by atoms with Crippen molar-refractivity contribution in [3.05, 3.63) is 41.4 Å². The van der Waals surface area contributed by atoms with Crippen LogP contribution in [0.4, 0.5) is 0 Å². The first kappa shape index (κ1) is 15.6. The van der Waals surface area contributed by atoms with E-state index in [2.05, 4.69) is 10.3 Å². The number of nitrogens with one attached hydrogen (secondary N) is 1. The molecule has 112 valence electrons. The lowest BCUT2D eigenvalue weighted by molar-refractivity contribution is -0.121. The number of benzene rings is 1. The summed E-state index contributed by atoms with van der Waals surface area (Å²) in [5.74, 6) is 1.28. The van der Waals surface area contributed by atoms with Crippen molar-refractivity contribution in [3.8, 4) is 11.3 Å². The van der Waals surface area contributed by atoms with Crippen molar-refractivity contribution in [2.24, 2.45) is 0 Å². The number of oxazole rings is 1. The quantitative estimate of drug-likeness (QED) is 0.882. The zero-order chi connectivity index (χ0) is 15.2. The first-order chi connectivity index (χ1) is 10.1. The van der Waals surface area contributed by atoms with Crippen molar-refractivity contribution < 1.29 is 9.21 Å². The van der Waals surface area contributed by atoms with Crippen molar-refractivity contribution in [2.45, 2.75) is 39.2 Å². The van der Waals surface area contributed by atoms with Crippen LogP contribution in [0.1, 0.15) is 32.6 Å². The summed E-state index contributed by atoms with van der Waals surface area (Å²) in [5, 5.41) is 3.60. The van der Waals surface area contributed by atoms with Gasteiger partial charge in [-0.15, -0.1) is 0 Å². The number of hydrogen-bond acceptors (Lipinski definition) is 3. The summed E-state index contributed by atoms with van der Waals surface area (Å²) < 4.78 is 5.66. The van der Waals surface area contributed by atoms with E-state index in [0.717, 1.165) is 12.0 Å². The molecule has 0 saturated heterocycles. The second-order valence-electron chi connectivity index (χ2n) is 5.00. The smallest absolute Gasteiger partial charge is 0.220 e. The Balaban J connectivity index is 1.91. The third kappa shape index (κ3) is 4.60. The summed E-state index contributed by atoms with van der Waals surface area (Å²) >= 11 is 5.85. The predicted molar refractivity (Wildman–Crippen MR) is 83.2 cm³/mol. The highest BCUT2D eigenvalue weighted by molar-refractivity contribution is 6.30. The van der Waals surface area contributed by atoms with E-state index in [1.165, 1.54) is 0 Å². The molecule has 0 saturated carbocycles. The molecule has 0 aliphatic heterocycles. The molecule has 2 aromatic rings. The molecule has 1 aromatic carbocycles. The maximum Gasteiger partial charge on any atom is 0.220 e. The fourth-order valence-corrected chi connectivity index (χ4v) is 1.97. The molecule has 0 aliphatic carbocycles. The van der Waals surface area contributed by atoms with Gasteiger partial charge in [-0.3, -0.25) is 4.79 Å². The molecule has 0 bridgehead atoms. The van der Waals surface area contributed by atoms with Crippen molar-refractivity contribution in [3.63, 3.8) is 0 Å². The van der Waals surface area contributed by atoms with E-state index < -0.39 is 0 Å². The maximum atomic E-state index is 11.7. The Morgan fingerprint density at radius 2 is 2.10 bits per heavy atom. The topological polar surface area (TPSA) is 55.1 Å². The molecule has 0 aliphatic rings. The Morgan fingerprint density at radius 3 is 2.76 bits per heavy atom. The lowest BCUT2D eigenvalue weighted by atomic mass is 10.2. The molecule has 2 rings (SSSR count). The first-order valence-corrected chi connectivity index (χ1v) is 7.46. The molecule has 1 atom stereocenters. The second-order valence-corrected chi connectivity index (χ2v) is 5.44. The van der Waals surface area contributed by atoms with Gasteiger partial charge in [0.05, 0.1) is 6.20 Å². The number of hydrogen-bond donors (Lipinski definition) is 1. The van der Waals surface area contributed by atoms with Crippen LogP contribution in [0.5, 0.6) is 0 Å². The Hall–Kier alpha value is -1.81. The van der Waals surface area contributed by atoms with Crippen molar-refractivity contribution in [1.29, 1.82) is 0 Å². The maximum absolute atomic E-state index is 11.7. The summed E-state index contributed by atoms with van der Waals surface area (Å²) in [4.78, 5) is 15.9. The minimum absolute atomic E-state index is 0.0237. The van der Waals surface area contributed by atoms with Gasteiger partial charge in [-0.25, -0.2) is 4.98 Å². The van der Waals surface area contributed by atoms with Gasteiger partial charge in [0.25, 0.3) is 0 Å². The number of amides is 1. The van der Waals surface area contributed by atoms with Crippen LogP contribution in [0.3, 0.4) is 0 Å². The van der Waals surface area contributed by atoms with E-state index in [1.807, 2.05) is 26.0 Å². The minimum Gasteiger partial charge on any atom is -0.441 e. The number of nitrogens with zero attached hydrogens (tertiary/aromatic N) is 1. The Labute approximate surface area is 129 Å². The molecule has 5 heteroatoms. The predicted octanol–water partition coefficient (Wildman–Crippen LogP) is 3.84. The first-order valence-electron chi connectivity index (χ1n) is 7.08. The van der Waals surface area contributed by atoms with Crippen molar-refractivity contribution >= 4 is 17.5 Å². The fourth-order valence-electron chi connectivity index (χ4n) is 1.84. The Bertz CT molecular complexity index is 593. The fraction of sp³-hybridized carbons (Fsp3) is 0.375. The highest BCUT2D eigenvalue weighted by Gasteiger charge is 2.10. The van der Waals surface area contributed by atoms with E-state index in [9.17, 15) is 4.79 Å². The molecule has 0 unspecified atom stereocenters. The summed E-state index contributed by atoms with van der Waals surface area (Å²) in [6, 6.07) is 7.56. The van der Waals surface area contributed by atoms with Gasteiger partial charge < -0.3 is 9.73 Å². The molecular weight excluding hydrogens is 288 g/mol. The standard InChI is InChI=1S/C16H19ClN2O2/c1-3-11(2)19-15(20)8-9-16-18-10-14(21-16)12-4-6-13(17)7-5-12/h4-7,10-11H,3,8-9H2,1-2H3,(H,19,20)/t11-/m0/s1. The van der Waals surface area contributed by atoms with E-state index >= 15 is 0 Å². The summed E-state index contributed by atoms with van der Waals surface area (Å²) in [6.45, 7) is 4.03. The SMILES string of the molecule is CC[C@H](C)NC(=O)CCc1ncc(-c2ccc(Cl)cc2)o1. The summed E-state index contributed by atoms with van der Waals surface area (Å²) in [6.07, 6.45) is 3.47. The molecule has 1 aromatic heterocycles. The van der Waals surface area contributed by atoms with Crippen LogP contribution >= 0.6 is 11.6 Å². The molecule has 0 radical (unpaired) electrons. The van der Waals surface area contributed by atoms with Crippen LogP contribution in [0, 0.1) is 0 Å². The number of carbonyl (C=O) groups excluding carboxylic acids is 1. The lowest BCUT2D eigenvalue weighted by Gasteiger charge is -2.10. The average Bonchev–Trinajstić information content (AvgIpc) is 2.94. The highest BCUT2D eigenvalue weighted by atomic mass is 35.5. The van der Waals surface area contributed by atoms with Gasteiger partial charge in [-0.1, -0.05) is 18.5 Å². The average molecular weight is 307 g/mol. The van der Waals surface area contributed by atoms with Crippen molar-refractivity contribution in [1.82, 2.24) is 10.3 Å². The normalized spacial score (nSPS) is 12.1. The van der Waals surface area contributed by atoms with E-state index in [1.54, 1.807) is 18.3 Å². The Kier molecular flexibility index (Phi) is 5.39. The summed E-state index contributed by atoms with van der Waals surface area (Å²) in [7, 11) is 0. The zero-order valence-electron chi connectivity index (χ0n) is 12.2. The van der Waals surface area contributed by atoms with Gasteiger partial charge in [0, 0.05) is 29.5 Å². The van der Waals surface area contributed by atoms with Crippen LogP contribution in [0.15, 0.2) is 34.9 Å². The second kappa shape index (κ2) is 7.27. The van der Waals surface area contributed by atoms with Crippen LogP contribution < -0.4 is 5.32 Å². The molecule has 1 N–H and O–H groups in total. The highest BCUT2D eigenvalue weighted by Crippen LogP contribution is 2.22.